The summed E-state index contributed by atoms with van der Waals surface area (Å²) in [4.78, 5) is 0. The first-order valence-corrected chi connectivity index (χ1v) is 7.29. The topological polar surface area (TPSA) is 86.6 Å². The summed E-state index contributed by atoms with van der Waals surface area (Å²) >= 11 is 0. The van der Waals surface area contributed by atoms with Crippen LogP contribution in [0.4, 0.5) is 0 Å². The summed E-state index contributed by atoms with van der Waals surface area (Å²) in [6.07, 6.45) is 3.58. The molecule has 1 fully saturated rings. The molecule has 3 N–H and O–H groups in total. The van der Waals surface area contributed by atoms with Crippen molar-refractivity contribution in [3.8, 4) is 0 Å². The molecule has 0 saturated heterocycles. The molecular weight excluding hydrogens is 230 g/mol. The van der Waals surface area contributed by atoms with Gasteiger partial charge in [0, 0.05) is 0 Å². The average Bonchev–Trinajstić information content (AvgIpc) is 2.80. The molecule has 6 heteroatoms. The van der Waals surface area contributed by atoms with E-state index in [0.29, 0.717) is 19.3 Å². The lowest BCUT2D eigenvalue weighted by Gasteiger charge is -2.30. The number of rotatable bonds is 6. The van der Waals surface area contributed by atoms with Crippen LogP contribution in [0.25, 0.3) is 0 Å². The van der Waals surface area contributed by atoms with Crippen LogP contribution in [0.2, 0.25) is 0 Å². The molecule has 0 aromatic carbocycles. The van der Waals surface area contributed by atoms with Crippen LogP contribution in [0, 0.1) is 0 Å². The molecule has 0 aromatic rings. The third-order valence-corrected chi connectivity index (χ3v) is 5.45. The molecule has 16 heavy (non-hydrogen) atoms. The minimum atomic E-state index is -3.42. The van der Waals surface area contributed by atoms with Gasteiger partial charge in [-0.25, -0.2) is 13.1 Å². The van der Waals surface area contributed by atoms with Crippen LogP contribution < -0.4 is 4.72 Å². The van der Waals surface area contributed by atoms with Gasteiger partial charge in [0.2, 0.25) is 10.0 Å². The second kappa shape index (κ2) is 5.44. The van der Waals surface area contributed by atoms with Crippen LogP contribution >= 0.6 is 0 Å². The first-order chi connectivity index (χ1) is 7.49. The zero-order valence-electron chi connectivity index (χ0n) is 9.65. The van der Waals surface area contributed by atoms with Gasteiger partial charge in [-0.05, 0) is 19.3 Å². The van der Waals surface area contributed by atoms with Crippen molar-refractivity contribution in [1.29, 1.82) is 0 Å². The highest BCUT2D eigenvalue weighted by Gasteiger charge is 2.37. The predicted molar refractivity (Wildman–Crippen MR) is 61.5 cm³/mol. The lowest BCUT2D eigenvalue weighted by Crippen LogP contribution is -2.55. The normalized spacial score (nSPS) is 19.2. The summed E-state index contributed by atoms with van der Waals surface area (Å²) in [7, 11) is -3.42. The number of hydrogen-bond acceptors (Lipinski definition) is 4. The Balaban J connectivity index is 2.76. The average molecular weight is 251 g/mol. The summed E-state index contributed by atoms with van der Waals surface area (Å²) in [5.41, 5.74) is -1.11. The van der Waals surface area contributed by atoms with E-state index in [2.05, 4.69) is 4.72 Å². The minimum absolute atomic E-state index is 0.364. The molecule has 5 nitrogen and oxygen atoms in total. The van der Waals surface area contributed by atoms with Crippen LogP contribution in [0.15, 0.2) is 0 Å². The molecule has 0 bridgehead atoms. The van der Waals surface area contributed by atoms with E-state index in [-0.39, 0.29) is 18.5 Å². The Morgan fingerprint density at radius 3 is 2.12 bits per heavy atom. The lowest BCUT2D eigenvalue weighted by atomic mass is 10.0. The van der Waals surface area contributed by atoms with Gasteiger partial charge in [0.15, 0.2) is 0 Å². The van der Waals surface area contributed by atoms with Gasteiger partial charge >= 0.3 is 0 Å². The second-order valence-electron chi connectivity index (χ2n) is 4.50. The van der Waals surface area contributed by atoms with Crippen molar-refractivity contribution in [2.75, 3.05) is 13.2 Å². The summed E-state index contributed by atoms with van der Waals surface area (Å²) < 4.78 is 26.5. The van der Waals surface area contributed by atoms with Crippen molar-refractivity contribution in [1.82, 2.24) is 4.72 Å². The summed E-state index contributed by atoms with van der Waals surface area (Å²) in [5, 5.41) is 18.0. The number of nitrogens with one attached hydrogen (secondary N) is 1. The Kier molecular flexibility index (Phi) is 4.73. The molecule has 1 aliphatic carbocycles. The van der Waals surface area contributed by atoms with Crippen molar-refractivity contribution in [3.63, 3.8) is 0 Å². The maximum Gasteiger partial charge on any atom is 0.215 e. The molecule has 96 valence electrons. The van der Waals surface area contributed by atoms with E-state index in [9.17, 15) is 18.6 Å². The number of aliphatic hydroxyl groups excluding tert-OH is 2. The fraction of sp³-hybridized carbons (Fsp3) is 1.00. The van der Waals surface area contributed by atoms with Crippen LogP contribution in [0.3, 0.4) is 0 Å². The Hall–Kier alpha value is -0.170. The number of sulfonamides is 1. The standard InChI is InChI=1S/C10H21NO4S/c1-2-10(7-12,8-13)11-16(14,15)9-5-3-4-6-9/h9,11-13H,2-8H2,1H3. The molecule has 1 saturated carbocycles. The molecule has 0 heterocycles. The quantitative estimate of drug-likeness (QED) is 0.619. The first-order valence-electron chi connectivity index (χ1n) is 5.74. The third kappa shape index (κ3) is 2.94. The van der Waals surface area contributed by atoms with Crippen molar-refractivity contribution < 1.29 is 18.6 Å². The molecule has 0 unspecified atom stereocenters. The van der Waals surface area contributed by atoms with Gasteiger partial charge in [0.25, 0.3) is 0 Å². The van der Waals surface area contributed by atoms with Crippen LogP contribution in [-0.2, 0) is 10.0 Å². The van der Waals surface area contributed by atoms with E-state index < -0.39 is 15.6 Å². The second-order valence-corrected chi connectivity index (χ2v) is 6.46. The van der Waals surface area contributed by atoms with E-state index in [0.717, 1.165) is 12.8 Å². The van der Waals surface area contributed by atoms with Gasteiger partial charge in [0.1, 0.15) is 0 Å². The summed E-state index contributed by atoms with van der Waals surface area (Å²) in [6, 6.07) is 0. The Morgan fingerprint density at radius 2 is 1.75 bits per heavy atom. The molecule has 0 amide bonds. The van der Waals surface area contributed by atoms with E-state index in [1.54, 1.807) is 6.92 Å². The minimum Gasteiger partial charge on any atom is -0.394 e. The highest BCUT2D eigenvalue weighted by molar-refractivity contribution is 7.90. The van der Waals surface area contributed by atoms with Crippen molar-refractivity contribution in [3.05, 3.63) is 0 Å². The summed E-state index contributed by atoms with van der Waals surface area (Å²) in [6.45, 7) is 0.974. The lowest BCUT2D eigenvalue weighted by molar-refractivity contribution is 0.105. The van der Waals surface area contributed by atoms with Crippen molar-refractivity contribution >= 4 is 10.0 Å². The molecule has 0 atom stereocenters. The molecular formula is C10H21NO4S. The third-order valence-electron chi connectivity index (χ3n) is 3.38. The van der Waals surface area contributed by atoms with Crippen LogP contribution in [0.1, 0.15) is 39.0 Å². The van der Waals surface area contributed by atoms with E-state index in [4.69, 9.17) is 0 Å². The monoisotopic (exact) mass is 251 g/mol. The molecule has 1 rings (SSSR count). The van der Waals surface area contributed by atoms with Crippen LogP contribution in [-0.4, -0.2) is 42.6 Å². The van der Waals surface area contributed by atoms with E-state index in [1.165, 1.54) is 0 Å². The van der Waals surface area contributed by atoms with Gasteiger partial charge in [0.05, 0.1) is 24.0 Å². The van der Waals surface area contributed by atoms with Crippen molar-refractivity contribution in [2.45, 2.75) is 49.8 Å². The van der Waals surface area contributed by atoms with E-state index in [1.807, 2.05) is 0 Å². The first kappa shape index (κ1) is 13.9. The Bertz CT molecular complexity index is 297. The van der Waals surface area contributed by atoms with Gasteiger partial charge in [-0.1, -0.05) is 19.8 Å². The van der Waals surface area contributed by atoms with Crippen LogP contribution in [0.5, 0.6) is 0 Å². The largest absolute Gasteiger partial charge is 0.394 e. The van der Waals surface area contributed by atoms with E-state index >= 15 is 0 Å². The molecule has 0 aliphatic heterocycles. The zero-order valence-corrected chi connectivity index (χ0v) is 10.5. The summed E-state index contributed by atoms with van der Waals surface area (Å²) in [5.74, 6) is 0. The zero-order chi connectivity index (χ0) is 12.2. The molecule has 0 spiro atoms. The van der Waals surface area contributed by atoms with Gasteiger partial charge in [-0.2, -0.15) is 0 Å². The van der Waals surface area contributed by atoms with Gasteiger partial charge < -0.3 is 10.2 Å². The maximum atomic E-state index is 12.0. The maximum absolute atomic E-state index is 12.0. The van der Waals surface area contributed by atoms with Gasteiger partial charge in [-0.15, -0.1) is 0 Å². The Labute approximate surface area is 96.9 Å². The highest BCUT2D eigenvalue weighted by Crippen LogP contribution is 2.25. The SMILES string of the molecule is CCC(CO)(CO)NS(=O)(=O)C1CCCC1. The molecule has 0 radical (unpaired) electrons. The van der Waals surface area contributed by atoms with Crippen molar-refractivity contribution in [2.24, 2.45) is 0 Å². The fourth-order valence-electron chi connectivity index (χ4n) is 1.99. The molecule has 0 aromatic heterocycles. The fourth-order valence-corrected chi connectivity index (χ4v) is 3.99. The predicted octanol–water partition coefficient (Wildman–Crippen LogP) is -0.0182. The highest BCUT2D eigenvalue weighted by atomic mass is 32.2. The number of aliphatic hydroxyl groups is 2. The van der Waals surface area contributed by atoms with Gasteiger partial charge in [-0.3, -0.25) is 0 Å². The Morgan fingerprint density at radius 1 is 1.25 bits per heavy atom. The molecule has 1 aliphatic rings. The number of hydrogen-bond donors (Lipinski definition) is 3. The smallest absolute Gasteiger partial charge is 0.215 e.